The summed E-state index contributed by atoms with van der Waals surface area (Å²) in [7, 11) is 0. The SMILES string of the molecule is CCOC(=O)CC1=CC(S[C@H](C)C(=O)Nc2ccc(F)cc2)=Nc2ccccc2N1. The highest BCUT2D eigenvalue weighted by Gasteiger charge is 2.20. The predicted molar refractivity (Wildman–Crippen MR) is 119 cm³/mol. The molecular formula is C22H22FN3O3S. The topological polar surface area (TPSA) is 79.8 Å². The van der Waals surface area contributed by atoms with Crippen molar-refractivity contribution in [2.45, 2.75) is 25.5 Å². The van der Waals surface area contributed by atoms with Crippen LogP contribution in [0.25, 0.3) is 0 Å². The molecule has 0 aliphatic carbocycles. The fourth-order valence-electron chi connectivity index (χ4n) is 2.72. The van der Waals surface area contributed by atoms with Crippen LogP contribution in [0.2, 0.25) is 0 Å². The molecule has 3 rings (SSSR count). The van der Waals surface area contributed by atoms with Crippen molar-refractivity contribution in [3.63, 3.8) is 0 Å². The zero-order valence-corrected chi connectivity index (χ0v) is 17.5. The number of carbonyl (C=O) groups is 2. The number of para-hydroxylation sites is 2. The number of thioether (sulfide) groups is 1. The van der Waals surface area contributed by atoms with Crippen LogP contribution in [0.4, 0.5) is 21.5 Å². The third-order valence-corrected chi connectivity index (χ3v) is 5.16. The lowest BCUT2D eigenvalue weighted by molar-refractivity contribution is -0.142. The number of rotatable bonds is 6. The molecule has 0 saturated heterocycles. The molecule has 2 N–H and O–H groups in total. The minimum atomic E-state index is -0.473. The summed E-state index contributed by atoms with van der Waals surface area (Å²) in [6.45, 7) is 3.82. The first-order valence-electron chi connectivity index (χ1n) is 9.48. The zero-order chi connectivity index (χ0) is 21.5. The predicted octanol–water partition coefficient (Wildman–Crippen LogP) is 4.88. The molecule has 0 radical (unpaired) electrons. The first-order chi connectivity index (χ1) is 14.4. The maximum atomic E-state index is 13.0. The van der Waals surface area contributed by atoms with Crippen LogP contribution in [0, 0.1) is 5.82 Å². The number of esters is 1. The minimum Gasteiger partial charge on any atom is -0.466 e. The molecule has 1 aliphatic rings. The number of anilines is 2. The molecule has 0 bridgehead atoms. The molecule has 1 aliphatic heterocycles. The third kappa shape index (κ3) is 5.93. The normalized spacial score (nSPS) is 13.7. The number of ether oxygens (including phenoxy) is 1. The second-order valence-electron chi connectivity index (χ2n) is 6.50. The van der Waals surface area contributed by atoms with Crippen LogP contribution in [0.3, 0.4) is 0 Å². The molecule has 156 valence electrons. The van der Waals surface area contributed by atoms with E-state index in [1.807, 2.05) is 24.3 Å². The second-order valence-corrected chi connectivity index (χ2v) is 7.86. The van der Waals surface area contributed by atoms with E-state index in [1.165, 1.54) is 36.0 Å². The van der Waals surface area contributed by atoms with Crippen molar-refractivity contribution in [1.29, 1.82) is 0 Å². The standard InChI is InChI=1S/C22H22FN3O3S/c1-3-29-21(27)13-17-12-20(26-19-7-5-4-6-18(19)24-17)30-14(2)22(28)25-16-10-8-15(23)9-11-16/h4-12,14,24H,3,13H2,1-2H3,(H,25,28)/t14-/m1/s1. The Morgan fingerprint density at radius 2 is 1.93 bits per heavy atom. The van der Waals surface area contributed by atoms with Gasteiger partial charge in [-0.2, -0.15) is 0 Å². The van der Waals surface area contributed by atoms with Gasteiger partial charge in [0.15, 0.2) is 0 Å². The lowest BCUT2D eigenvalue weighted by Gasteiger charge is -2.12. The van der Waals surface area contributed by atoms with Gasteiger partial charge in [-0.15, -0.1) is 0 Å². The van der Waals surface area contributed by atoms with Gasteiger partial charge >= 0.3 is 5.97 Å². The minimum absolute atomic E-state index is 0.0674. The van der Waals surface area contributed by atoms with E-state index in [1.54, 1.807) is 19.9 Å². The number of fused-ring (bicyclic) bond motifs is 1. The highest BCUT2D eigenvalue weighted by molar-refractivity contribution is 8.15. The largest absolute Gasteiger partial charge is 0.466 e. The molecule has 0 saturated carbocycles. The molecule has 1 atom stereocenters. The van der Waals surface area contributed by atoms with Crippen molar-refractivity contribution in [1.82, 2.24) is 0 Å². The van der Waals surface area contributed by atoms with Gasteiger partial charge in [-0.1, -0.05) is 23.9 Å². The number of hydrogen-bond acceptors (Lipinski definition) is 6. The number of nitrogens with zero attached hydrogens (tertiary/aromatic N) is 1. The molecule has 1 heterocycles. The Kier molecular flexibility index (Phi) is 7.24. The van der Waals surface area contributed by atoms with Crippen LogP contribution < -0.4 is 10.6 Å². The van der Waals surface area contributed by atoms with E-state index >= 15 is 0 Å². The number of halogens is 1. The van der Waals surface area contributed by atoms with Crippen molar-refractivity contribution in [3.8, 4) is 0 Å². The molecule has 0 aromatic heterocycles. The Morgan fingerprint density at radius 1 is 1.20 bits per heavy atom. The summed E-state index contributed by atoms with van der Waals surface area (Å²) in [5, 5.41) is 6.10. The average molecular weight is 428 g/mol. The summed E-state index contributed by atoms with van der Waals surface area (Å²) in [6.07, 6.45) is 1.82. The maximum absolute atomic E-state index is 13.0. The molecule has 2 aromatic rings. The Bertz CT molecular complexity index is 989. The van der Waals surface area contributed by atoms with Crippen LogP contribution in [-0.2, 0) is 14.3 Å². The van der Waals surface area contributed by atoms with Crippen LogP contribution in [0.1, 0.15) is 20.3 Å². The van der Waals surface area contributed by atoms with E-state index in [9.17, 15) is 14.0 Å². The van der Waals surface area contributed by atoms with E-state index < -0.39 is 5.25 Å². The first-order valence-corrected chi connectivity index (χ1v) is 10.4. The lowest BCUT2D eigenvalue weighted by atomic mass is 10.2. The highest BCUT2D eigenvalue weighted by atomic mass is 32.2. The van der Waals surface area contributed by atoms with E-state index in [0.717, 1.165) is 5.69 Å². The van der Waals surface area contributed by atoms with Gasteiger partial charge < -0.3 is 15.4 Å². The molecule has 0 fully saturated rings. The molecule has 0 spiro atoms. The quantitative estimate of drug-likeness (QED) is 0.643. The van der Waals surface area contributed by atoms with Gasteiger partial charge in [0.05, 0.1) is 34.7 Å². The summed E-state index contributed by atoms with van der Waals surface area (Å²) < 4.78 is 18.1. The van der Waals surface area contributed by atoms with Crippen molar-refractivity contribution in [3.05, 3.63) is 66.1 Å². The van der Waals surface area contributed by atoms with E-state index in [2.05, 4.69) is 15.6 Å². The van der Waals surface area contributed by atoms with Gasteiger partial charge in [0.2, 0.25) is 5.91 Å². The molecule has 2 aromatic carbocycles. The van der Waals surface area contributed by atoms with Gasteiger partial charge in [0.1, 0.15) is 5.82 Å². The van der Waals surface area contributed by atoms with Crippen molar-refractivity contribution < 1.29 is 18.7 Å². The first kappa shape index (κ1) is 21.6. The molecule has 6 nitrogen and oxygen atoms in total. The van der Waals surface area contributed by atoms with Crippen LogP contribution in [0.5, 0.6) is 0 Å². The maximum Gasteiger partial charge on any atom is 0.311 e. The molecular weight excluding hydrogens is 405 g/mol. The fourth-order valence-corrected chi connectivity index (χ4v) is 3.61. The summed E-state index contributed by atoms with van der Waals surface area (Å²) in [5.74, 6) is -0.948. The van der Waals surface area contributed by atoms with E-state index in [-0.39, 0.29) is 24.1 Å². The van der Waals surface area contributed by atoms with Crippen molar-refractivity contribution in [2.24, 2.45) is 4.99 Å². The Balaban J connectivity index is 1.76. The summed E-state index contributed by atoms with van der Waals surface area (Å²) in [4.78, 5) is 29.2. The zero-order valence-electron chi connectivity index (χ0n) is 16.6. The van der Waals surface area contributed by atoms with Gasteiger partial charge in [-0.3, -0.25) is 9.59 Å². The molecule has 8 heteroatoms. The monoisotopic (exact) mass is 427 g/mol. The number of aliphatic imine (C=N–C) groups is 1. The van der Waals surface area contributed by atoms with Crippen molar-refractivity contribution >= 4 is 45.7 Å². The average Bonchev–Trinajstić information content (AvgIpc) is 2.88. The second kappa shape index (κ2) is 10.1. The van der Waals surface area contributed by atoms with Gasteiger partial charge in [-0.05, 0) is 56.3 Å². The molecule has 30 heavy (non-hydrogen) atoms. The van der Waals surface area contributed by atoms with Crippen molar-refractivity contribution in [2.75, 3.05) is 17.2 Å². The number of nitrogens with one attached hydrogen (secondary N) is 2. The number of carbonyl (C=O) groups excluding carboxylic acids is 2. The van der Waals surface area contributed by atoms with Crippen LogP contribution >= 0.6 is 11.8 Å². The number of hydrogen-bond donors (Lipinski definition) is 2. The van der Waals surface area contributed by atoms with Gasteiger partial charge in [0, 0.05) is 11.4 Å². The summed E-state index contributed by atoms with van der Waals surface area (Å²) in [5.41, 5.74) is 2.63. The Morgan fingerprint density at radius 3 is 2.67 bits per heavy atom. The van der Waals surface area contributed by atoms with E-state index in [4.69, 9.17) is 4.74 Å². The van der Waals surface area contributed by atoms with Crippen LogP contribution in [-0.4, -0.2) is 28.8 Å². The highest BCUT2D eigenvalue weighted by Crippen LogP contribution is 2.32. The summed E-state index contributed by atoms with van der Waals surface area (Å²) >= 11 is 1.27. The number of benzene rings is 2. The third-order valence-electron chi connectivity index (χ3n) is 4.15. The lowest BCUT2D eigenvalue weighted by Crippen LogP contribution is -2.23. The Labute approximate surface area is 178 Å². The summed E-state index contributed by atoms with van der Waals surface area (Å²) in [6, 6.07) is 13.1. The smallest absolute Gasteiger partial charge is 0.311 e. The molecule has 0 unspecified atom stereocenters. The van der Waals surface area contributed by atoms with Gasteiger partial charge in [0.25, 0.3) is 0 Å². The fraction of sp³-hybridized carbons (Fsp3) is 0.227. The van der Waals surface area contributed by atoms with Crippen LogP contribution in [0.15, 0.2) is 65.3 Å². The molecule has 1 amide bonds. The number of amides is 1. The Hall–Kier alpha value is -3.13. The van der Waals surface area contributed by atoms with E-state index in [0.29, 0.717) is 28.7 Å². The van der Waals surface area contributed by atoms with Gasteiger partial charge in [-0.25, -0.2) is 9.38 Å².